The van der Waals surface area contributed by atoms with Crippen molar-refractivity contribution in [1.29, 1.82) is 0 Å². The van der Waals surface area contributed by atoms with Gasteiger partial charge >= 0.3 is 0 Å². The first kappa shape index (κ1) is 23.2. The Hall–Kier alpha value is -2.10. The van der Waals surface area contributed by atoms with Gasteiger partial charge in [-0.25, -0.2) is 13.4 Å². The van der Waals surface area contributed by atoms with Gasteiger partial charge in [0.2, 0.25) is 5.78 Å². The van der Waals surface area contributed by atoms with Crippen LogP contribution in [0.25, 0.3) is 0 Å². The van der Waals surface area contributed by atoms with E-state index in [0.717, 1.165) is 16.7 Å². The van der Waals surface area contributed by atoms with Crippen LogP contribution in [0.2, 0.25) is 0 Å². The highest BCUT2D eigenvalue weighted by molar-refractivity contribution is 7.92. The van der Waals surface area contributed by atoms with Gasteiger partial charge in [0, 0.05) is 18.1 Å². The number of rotatable bonds is 9. The summed E-state index contributed by atoms with van der Waals surface area (Å²) < 4.78 is 25.8. The van der Waals surface area contributed by atoms with Gasteiger partial charge in [-0.1, -0.05) is 6.07 Å². The van der Waals surface area contributed by atoms with Gasteiger partial charge in [0.1, 0.15) is 11.6 Å². The van der Waals surface area contributed by atoms with Crippen LogP contribution in [0.15, 0.2) is 27.5 Å². The molecule has 1 aromatic carbocycles. The van der Waals surface area contributed by atoms with E-state index in [-0.39, 0.29) is 17.4 Å². The highest BCUT2D eigenvalue weighted by Gasteiger charge is 2.23. The lowest BCUT2D eigenvalue weighted by atomic mass is 10.0. The van der Waals surface area contributed by atoms with Gasteiger partial charge in [-0.05, 0) is 62.8 Å². The van der Waals surface area contributed by atoms with Crippen LogP contribution < -0.4 is 11.5 Å². The second-order valence-corrected chi connectivity index (χ2v) is 9.99. The zero-order valence-corrected chi connectivity index (χ0v) is 18.9. The third-order valence-electron chi connectivity index (χ3n) is 4.90. The number of carbonyl (C=O) groups is 1. The molecule has 0 aliphatic carbocycles. The average Bonchev–Trinajstić information content (AvgIpc) is 3.16. The number of sulfone groups is 1. The number of aromatic nitrogens is 1. The van der Waals surface area contributed by atoms with Crippen molar-refractivity contribution in [2.24, 2.45) is 16.5 Å². The number of nitrogens with two attached hydrogens (primary N) is 2. The third-order valence-corrected chi connectivity index (χ3v) is 7.62. The van der Waals surface area contributed by atoms with E-state index in [4.69, 9.17) is 11.5 Å². The van der Waals surface area contributed by atoms with Crippen LogP contribution in [-0.4, -0.2) is 43.4 Å². The summed E-state index contributed by atoms with van der Waals surface area (Å²) in [6, 6.07) is 1.23. The smallest absolute Gasteiger partial charge is 0.207 e. The molecule has 0 fully saturated rings. The maximum Gasteiger partial charge on any atom is 0.207 e. The molecule has 2 aromatic rings. The Morgan fingerprint density at radius 2 is 1.90 bits per heavy atom. The van der Waals surface area contributed by atoms with Gasteiger partial charge in [0.25, 0.3) is 0 Å². The van der Waals surface area contributed by atoms with Gasteiger partial charge < -0.3 is 11.5 Å². The van der Waals surface area contributed by atoms with Crippen LogP contribution >= 0.6 is 11.3 Å². The quantitative estimate of drug-likeness (QED) is 0.269. The molecule has 158 valence electrons. The second kappa shape index (κ2) is 9.60. The van der Waals surface area contributed by atoms with Gasteiger partial charge in [-0.2, -0.15) is 0 Å². The fourth-order valence-corrected chi connectivity index (χ4v) is 5.65. The molecule has 0 saturated carbocycles. The number of thiazole rings is 1. The van der Waals surface area contributed by atoms with Crippen molar-refractivity contribution in [1.82, 2.24) is 4.98 Å². The summed E-state index contributed by atoms with van der Waals surface area (Å²) in [6.45, 7) is 7.80. The van der Waals surface area contributed by atoms with Crippen LogP contribution in [-0.2, 0) is 9.84 Å². The van der Waals surface area contributed by atoms with Crippen molar-refractivity contribution in [2.45, 2.75) is 51.5 Å². The second-order valence-electron chi connectivity index (χ2n) is 7.17. The Labute approximate surface area is 176 Å². The van der Waals surface area contributed by atoms with Crippen molar-refractivity contribution < 1.29 is 13.2 Å². The molecular formula is C20H28N4O3S2. The molecular weight excluding hydrogens is 408 g/mol. The minimum Gasteiger partial charge on any atom is -0.387 e. The number of ketones is 1. The molecule has 0 radical (unpaired) electrons. The Morgan fingerprint density at radius 1 is 1.21 bits per heavy atom. The number of aryl methyl sites for hydroxylation is 2. The third kappa shape index (κ3) is 5.71. The van der Waals surface area contributed by atoms with Crippen LogP contribution in [0.3, 0.4) is 0 Å². The Kier molecular flexibility index (Phi) is 7.67. The minimum atomic E-state index is -3.60. The number of aliphatic imine (C=N–C) groups is 1. The molecule has 0 amide bonds. The molecule has 0 unspecified atom stereocenters. The molecule has 0 bridgehead atoms. The predicted octanol–water partition coefficient (Wildman–Crippen LogP) is 2.50. The minimum absolute atomic E-state index is 0.0573. The number of nitrogens with zero attached hydrogens (tertiary/aromatic N) is 2. The van der Waals surface area contributed by atoms with Crippen LogP contribution in [0.5, 0.6) is 0 Å². The number of hydrogen-bond donors (Lipinski definition) is 2. The normalized spacial score (nSPS) is 13.5. The number of amidine groups is 1. The van der Waals surface area contributed by atoms with Gasteiger partial charge in [0.15, 0.2) is 14.8 Å². The lowest BCUT2D eigenvalue weighted by Gasteiger charge is -2.15. The van der Waals surface area contributed by atoms with E-state index < -0.39 is 15.9 Å². The summed E-state index contributed by atoms with van der Waals surface area (Å²) in [5.41, 5.74) is 15.3. The van der Waals surface area contributed by atoms with Crippen molar-refractivity contribution in [3.63, 3.8) is 0 Å². The predicted molar refractivity (Wildman–Crippen MR) is 118 cm³/mol. The lowest BCUT2D eigenvalue weighted by molar-refractivity contribution is 0.0956. The van der Waals surface area contributed by atoms with E-state index in [0.29, 0.717) is 34.9 Å². The van der Waals surface area contributed by atoms with E-state index in [1.54, 1.807) is 18.5 Å². The van der Waals surface area contributed by atoms with Crippen LogP contribution in [0.4, 0.5) is 0 Å². The zero-order chi connectivity index (χ0) is 21.8. The molecule has 4 N–H and O–H groups in total. The Balaban J connectivity index is 1.97. The first-order valence-electron chi connectivity index (χ1n) is 9.32. The fraction of sp³-hybridized carbons (Fsp3) is 0.450. The Morgan fingerprint density at radius 3 is 2.52 bits per heavy atom. The maximum atomic E-state index is 12.9. The molecule has 0 aliphatic heterocycles. The molecule has 1 aromatic heterocycles. The fourth-order valence-electron chi connectivity index (χ4n) is 3.22. The molecule has 29 heavy (non-hydrogen) atoms. The van der Waals surface area contributed by atoms with Gasteiger partial charge in [-0.3, -0.25) is 9.79 Å². The zero-order valence-electron chi connectivity index (χ0n) is 17.2. The number of carbonyl (C=O) groups excluding carboxylic acids is 1. The van der Waals surface area contributed by atoms with E-state index in [1.165, 1.54) is 11.3 Å². The monoisotopic (exact) mass is 436 g/mol. The highest BCUT2D eigenvalue weighted by atomic mass is 32.2. The van der Waals surface area contributed by atoms with E-state index in [9.17, 15) is 13.2 Å². The first-order chi connectivity index (χ1) is 13.5. The number of Topliss-reactive ketones (excluding diaryl/α,β-unsaturated/α-hetero) is 1. The van der Waals surface area contributed by atoms with Crippen molar-refractivity contribution in [3.05, 3.63) is 44.9 Å². The summed E-state index contributed by atoms with van der Waals surface area (Å²) in [5.74, 6) is -0.469. The summed E-state index contributed by atoms with van der Waals surface area (Å²) in [7, 11) is -3.60. The molecule has 9 heteroatoms. The van der Waals surface area contributed by atoms with Crippen LogP contribution in [0, 0.1) is 27.7 Å². The molecule has 0 spiro atoms. The van der Waals surface area contributed by atoms with Gasteiger partial charge in [0.05, 0.1) is 10.9 Å². The summed E-state index contributed by atoms with van der Waals surface area (Å²) >= 11 is 1.26. The van der Waals surface area contributed by atoms with Crippen molar-refractivity contribution in [2.75, 3.05) is 12.3 Å². The molecule has 1 heterocycles. The van der Waals surface area contributed by atoms with E-state index in [2.05, 4.69) is 9.98 Å². The number of hydrogen-bond acceptors (Lipinski definition) is 7. The molecule has 7 nitrogen and oxygen atoms in total. The molecule has 0 aliphatic rings. The Bertz CT molecular complexity index is 1010. The van der Waals surface area contributed by atoms with Crippen molar-refractivity contribution >= 4 is 32.8 Å². The van der Waals surface area contributed by atoms with Crippen LogP contribution in [0.1, 0.15) is 44.9 Å². The summed E-state index contributed by atoms with van der Waals surface area (Å²) in [4.78, 5) is 20.5. The van der Waals surface area contributed by atoms with Crippen molar-refractivity contribution in [3.8, 4) is 0 Å². The summed E-state index contributed by atoms with van der Waals surface area (Å²) in [6.07, 6.45) is 2.52. The topological polar surface area (TPSA) is 128 Å². The maximum absolute atomic E-state index is 12.9. The van der Waals surface area contributed by atoms with Gasteiger partial charge in [-0.15, -0.1) is 11.3 Å². The highest BCUT2D eigenvalue weighted by Crippen LogP contribution is 2.26. The number of benzene rings is 1. The molecule has 0 saturated heterocycles. The molecule has 2 rings (SSSR count). The average molecular weight is 437 g/mol. The largest absolute Gasteiger partial charge is 0.387 e. The van der Waals surface area contributed by atoms with E-state index in [1.807, 2.05) is 26.8 Å². The van der Waals surface area contributed by atoms with E-state index >= 15 is 0 Å². The SMILES string of the molecule is Cc1cc(C)c(S(=O)(=O)CC(N)=NCCC[C@H](N)C(=O)c2nccs2)c(C)c1C. The first-order valence-corrected chi connectivity index (χ1v) is 11.9. The molecule has 1 atom stereocenters. The summed E-state index contributed by atoms with van der Waals surface area (Å²) in [5, 5.41) is 2.12. The standard InChI is InChI=1S/C20H28N4O3S2/c1-12-10-13(2)19(15(4)14(12)3)29(26,27)11-17(22)23-7-5-6-16(21)18(25)20-24-8-9-28-20/h8-10,16H,5-7,11,21H2,1-4H3,(H2,22,23)/t16-/m0/s1. The lowest BCUT2D eigenvalue weighted by Crippen LogP contribution is -2.30.